The van der Waals surface area contributed by atoms with Gasteiger partial charge in [0.2, 0.25) is 0 Å². The highest BCUT2D eigenvalue weighted by Gasteiger charge is 2.18. The van der Waals surface area contributed by atoms with E-state index in [1.54, 1.807) is 12.1 Å². The van der Waals surface area contributed by atoms with Crippen molar-refractivity contribution < 1.29 is 14.6 Å². The molecule has 0 radical (unpaired) electrons. The van der Waals surface area contributed by atoms with Crippen molar-refractivity contribution in [1.82, 2.24) is 0 Å². The maximum absolute atomic E-state index is 11.3. The van der Waals surface area contributed by atoms with Crippen LogP contribution in [0.5, 0.6) is 0 Å². The predicted octanol–water partition coefficient (Wildman–Crippen LogP) is 3.12. The van der Waals surface area contributed by atoms with Crippen LogP contribution in [-0.2, 0) is 9.53 Å². The maximum atomic E-state index is 11.3. The van der Waals surface area contributed by atoms with E-state index in [2.05, 4.69) is 11.3 Å². The smallest absolute Gasteiger partial charge is 0.336 e. The van der Waals surface area contributed by atoms with Gasteiger partial charge in [-0.05, 0) is 16.7 Å². The monoisotopic (exact) mass is 268 g/mol. The molecule has 1 N–H and O–H groups in total. The molecular formula is C17H16O3. The highest BCUT2D eigenvalue weighted by atomic mass is 16.5. The first-order chi connectivity index (χ1) is 9.63. The third kappa shape index (κ3) is 2.95. The van der Waals surface area contributed by atoms with Crippen molar-refractivity contribution in [3.05, 3.63) is 72.3 Å². The van der Waals surface area contributed by atoms with E-state index in [0.29, 0.717) is 5.56 Å². The van der Waals surface area contributed by atoms with Crippen molar-refractivity contribution in [1.29, 1.82) is 0 Å². The number of aliphatic hydroxyl groups is 1. The molecule has 2 rings (SSSR count). The molecule has 2 aromatic rings. The van der Waals surface area contributed by atoms with Crippen molar-refractivity contribution in [2.75, 3.05) is 7.11 Å². The molecule has 1 atom stereocenters. The number of hydrogen-bond acceptors (Lipinski definition) is 3. The molecule has 0 aliphatic carbocycles. The second-order valence-electron chi connectivity index (χ2n) is 4.41. The van der Waals surface area contributed by atoms with Gasteiger partial charge in [-0.2, -0.15) is 0 Å². The number of hydrogen-bond donors (Lipinski definition) is 1. The summed E-state index contributed by atoms with van der Waals surface area (Å²) in [5, 5.41) is 10.1. The van der Waals surface area contributed by atoms with Crippen molar-refractivity contribution in [3.63, 3.8) is 0 Å². The largest absolute Gasteiger partial charge is 0.466 e. The van der Waals surface area contributed by atoms with Gasteiger partial charge in [0.05, 0.1) is 12.7 Å². The average Bonchev–Trinajstić information content (AvgIpc) is 2.53. The van der Waals surface area contributed by atoms with Crippen LogP contribution in [0.1, 0.15) is 11.7 Å². The lowest BCUT2D eigenvalue weighted by Gasteiger charge is -2.13. The van der Waals surface area contributed by atoms with Crippen LogP contribution in [0.25, 0.3) is 11.1 Å². The van der Waals surface area contributed by atoms with Gasteiger partial charge >= 0.3 is 5.97 Å². The van der Waals surface area contributed by atoms with E-state index in [-0.39, 0.29) is 5.57 Å². The Morgan fingerprint density at radius 2 is 1.60 bits per heavy atom. The van der Waals surface area contributed by atoms with Gasteiger partial charge in [0.25, 0.3) is 0 Å². The van der Waals surface area contributed by atoms with Crippen LogP contribution in [0, 0.1) is 0 Å². The first-order valence-corrected chi connectivity index (χ1v) is 6.24. The molecule has 20 heavy (non-hydrogen) atoms. The summed E-state index contributed by atoms with van der Waals surface area (Å²) in [5.74, 6) is -0.607. The number of carbonyl (C=O) groups excluding carboxylic acids is 1. The molecule has 102 valence electrons. The summed E-state index contributed by atoms with van der Waals surface area (Å²) in [6.07, 6.45) is -1.05. The van der Waals surface area contributed by atoms with Crippen LogP contribution in [0.3, 0.4) is 0 Å². The van der Waals surface area contributed by atoms with Crippen LogP contribution >= 0.6 is 0 Å². The molecule has 0 amide bonds. The van der Waals surface area contributed by atoms with Crippen molar-refractivity contribution >= 4 is 5.97 Å². The fourth-order valence-corrected chi connectivity index (χ4v) is 1.93. The molecule has 2 aromatic carbocycles. The number of ether oxygens (including phenoxy) is 1. The molecule has 0 heterocycles. The summed E-state index contributed by atoms with van der Waals surface area (Å²) < 4.78 is 4.55. The molecule has 0 spiro atoms. The highest BCUT2D eigenvalue weighted by molar-refractivity contribution is 5.89. The Morgan fingerprint density at radius 1 is 1.05 bits per heavy atom. The van der Waals surface area contributed by atoms with Gasteiger partial charge in [0, 0.05) is 0 Å². The van der Waals surface area contributed by atoms with Crippen LogP contribution in [-0.4, -0.2) is 18.2 Å². The fourth-order valence-electron chi connectivity index (χ4n) is 1.93. The van der Waals surface area contributed by atoms with Crippen LogP contribution < -0.4 is 0 Å². The van der Waals surface area contributed by atoms with Gasteiger partial charge in [-0.25, -0.2) is 4.79 Å². The van der Waals surface area contributed by atoms with E-state index in [4.69, 9.17) is 0 Å². The topological polar surface area (TPSA) is 46.5 Å². The molecule has 3 nitrogen and oxygen atoms in total. The first kappa shape index (κ1) is 14.0. The molecule has 0 aromatic heterocycles. The SMILES string of the molecule is C=C(C(=O)OC)C(O)c1ccc(-c2ccccc2)cc1. The van der Waals surface area contributed by atoms with E-state index in [9.17, 15) is 9.90 Å². The number of carbonyl (C=O) groups is 1. The third-order valence-electron chi connectivity index (χ3n) is 3.11. The fraction of sp³-hybridized carbons (Fsp3) is 0.118. The summed E-state index contributed by atoms with van der Waals surface area (Å²) >= 11 is 0. The van der Waals surface area contributed by atoms with Crippen molar-refractivity contribution in [2.45, 2.75) is 6.10 Å². The van der Waals surface area contributed by atoms with Gasteiger partial charge < -0.3 is 9.84 Å². The van der Waals surface area contributed by atoms with Crippen LogP contribution in [0.15, 0.2) is 66.7 Å². The second-order valence-corrected chi connectivity index (χ2v) is 4.41. The van der Waals surface area contributed by atoms with E-state index in [1.807, 2.05) is 42.5 Å². The van der Waals surface area contributed by atoms with E-state index >= 15 is 0 Å². The van der Waals surface area contributed by atoms with E-state index in [0.717, 1.165) is 11.1 Å². The lowest BCUT2D eigenvalue weighted by atomic mass is 9.99. The van der Waals surface area contributed by atoms with Gasteiger partial charge in [-0.15, -0.1) is 0 Å². The Bertz CT molecular complexity index is 600. The molecule has 0 bridgehead atoms. The normalized spacial score (nSPS) is 11.7. The number of benzene rings is 2. The van der Waals surface area contributed by atoms with Gasteiger partial charge in [0.1, 0.15) is 6.10 Å². The Labute approximate surface area is 118 Å². The number of aliphatic hydroxyl groups excluding tert-OH is 1. The zero-order valence-electron chi connectivity index (χ0n) is 11.2. The molecule has 0 aliphatic rings. The zero-order valence-corrected chi connectivity index (χ0v) is 11.2. The minimum Gasteiger partial charge on any atom is -0.466 e. The number of rotatable bonds is 4. The minimum atomic E-state index is -1.05. The molecule has 0 saturated heterocycles. The van der Waals surface area contributed by atoms with Crippen molar-refractivity contribution in [3.8, 4) is 11.1 Å². The van der Waals surface area contributed by atoms with Crippen LogP contribution in [0.4, 0.5) is 0 Å². The predicted molar refractivity (Wildman–Crippen MR) is 78.0 cm³/mol. The summed E-state index contributed by atoms with van der Waals surface area (Å²) in [4.78, 5) is 11.3. The third-order valence-corrected chi connectivity index (χ3v) is 3.11. The average molecular weight is 268 g/mol. The number of esters is 1. The summed E-state index contributed by atoms with van der Waals surface area (Å²) in [6, 6.07) is 17.3. The first-order valence-electron chi connectivity index (χ1n) is 6.24. The van der Waals surface area contributed by atoms with Gasteiger partial charge in [-0.1, -0.05) is 61.2 Å². The Morgan fingerprint density at radius 3 is 2.15 bits per heavy atom. The summed E-state index contributed by atoms with van der Waals surface area (Å²) in [6.45, 7) is 3.56. The molecule has 0 fully saturated rings. The standard InChI is InChI=1S/C17H16O3/c1-12(17(19)20-2)16(18)15-10-8-14(9-11-15)13-6-4-3-5-7-13/h3-11,16,18H,1H2,2H3. The lowest BCUT2D eigenvalue weighted by molar-refractivity contribution is -0.137. The van der Waals surface area contributed by atoms with E-state index in [1.165, 1.54) is 7.11 Å². The molecule has 0 saturated carbocycles. The molecule has 1 unspecified atom stereocenters. The van der Waals surface area contributed by atoms with Crippen molar-refractivity contribution in [2.24, 2.45) is 0 Å². The molecular weight excluding hydrogens is 252 g/mol. The van der Waals surface area contributed by atoms with Gasteiger partial charge in [0.15, 0.2) is 0 Å². The quantitative estimate of drug-likeness (QED) is 0.684. The van der Waals surface area contributed by atoms with E-state index < -0.39 is 12.1 Å². The Balaban J connectivity index is 2.20. The lowest BCUT2D eigenvalue weighted by Crippen LogP contribution is -2.11. The Kier molecular flexibility index (Phi) is 4.33. The summed E-state index contributed by atoms with van der Waals surface area (Å²) in [5.41, 5.74) is 2.78. The number of methoxy groups -OCH3 is 1. The minimum absolute atomic E-state index is 0.0277. The highest BCUT2D eigenvalue weighted by Crippen LogP contribution is 2.25. The van der Waals surface area contributed by atoms with Gasteiger partial charge in [-0.3, -0.25) is 0 Å². The molecule has 3 heteroatoms. The van der Waals surface area contributed by atoms with Crippen LogP contribution in [0.2, 0.25) is 0 Å². The summed E-state index contributed by atoms with van der Waals surface area (Å²) in [7, 11) is 1.26. The second kappa shape index (κ2) is 6.17. The maximum Gasteiger partial charge on any atom is 0.336 e. The Hall–Kier alpha value is -2.39. The zero-order chi connectivity index (χ0) is 14.5. The molecule has 0 aliphatic heterocycles.